The molecule has 1 aliphatic rings. The summed E-state index contributed by atoms with van der Waals surface area (Å²) in [6, 6.07) is 4.93. The summed E-state index contributed by atoms with van der Waals surface area (Å²) in [5.41, 5.74) is 0.709. The molecule has 5 heteroatoms. The maximum Gasteiger partial charge on any atom is 0.238 e. The van der Waals surface area contributed by atoms with Crippen molar-refractivity contribution in [3.63, 3.8) is 0 Å². The number of hydrogen-bond donors (Lipinski definition) is 1. The second kappa shape index (κ2) is 3.25. The van der Waals surface area contributed by atoms with E-state index >= 15 is 0 Å². The third kappa shape index (κ3) is 1.60. The van der Waals surface area contributed by atoms with Gasteiger partial charge in [-0.25, -0.2) is 13.6 Å². The smallest absolute Gasteiger partial charge is 0.238 e. The molecule has 0 saturated heterocycles. The molecule has 0 atom stereocenters. The average molecular weight is 213 g/mol. The largest absolute Gasteiger partial charge is 0.493 e. The van der Waals surface area contributed by atoms with Gasteiger partial charge < -0.3 is 4.74 Å². The highest BCUT2D eigenvalue weighted by Gasteiger charge is 2.19. The molecule has 14 heavy (non-hydrogen) atoms. The molecule has 0 aliphatic carbocycles. The number of primary sulfonamides is 1. The molecule has 76 valence electrons. The van der Waals surface area contributed by atoms with Crippen molar-refractivity contribution in [1.29, 1.82) is 0 Å². The van der Waals surface area contributed by atoms with Crippen LogP contribution in [0.25, 0.3) is 0 Å². The van der Waals surface area contributed by atoms with E-state index in [4.69, 9.17) is 9.88 Å². The number of ether oxygens (including phenoxy) is 1. The predicted molar refractivity (Wildman–Crippen MR) is 51.6 cm³/mol. The summed E-state index contributed by atoms with van der Waals surface area (Å²) < 4.78 is 27.8. The molecule has 0 fully saturated rings. The molecular formula is C9H11NO3S. The van der Waals surface area contributed by atoms with E-state index in [-0.39, 0.29) is 4.90 Å². The zero-order valence-corrected chi connectivity index (χ0v) is 8.38. The monoisotopic (exact) mass is 213 g/mol. The van der Waals surface area contributed by atoms with Crippen molar-refractivity contribution in [2.24, 2.45) is 5.14 Å². The maximum atomic E-state index is 11.2. The minimum absolute atomic E-state index is 0.190. The summed E-state index contributed by atoms with van der Waals surface area (Å²) in [6.45, 7) is 0.640. The van der Waals surface area contributed by atoms with Crippen molar-refractivity contribution < 1.29 is 13.2 Å². The first-order valence-corrected chi connectivity index (χ1v) is 5.91. The summed E-state index contributed by atoms with van der Waals surface area (Å²) >= 11 is 0. The topological polar surface area (TPSA) is 69.4 Å². The number of benzene rings is 1. The fraction of sp³-hybridized carbons (Fsp3) is 0.333. The molecule has 4 nitrogen and oxygen atoms in total. The van der Waals surface area contributed by atoms with Gasteiger partial charge in [0.2, 0.25) is 10.0 Å². The first-order valence-electron chi connectivity index (χ1n) is 4.36. The Morgan fingerprint density at radius 2 is 2.14 bits per heavy atom. The highest BCUT2D eigenvalue weighted by molar-refractivity contribution is 7.89. The molecule has 1 aromatic carbocycles. The number of sulfonamides is 1. The van der Waals surface area contributed by atoms with E-state index < -0.39 is 10.0 Å². The van der Waals surface area contributed by atoms with Gasteiger partial charge in [0.1, 0.15) is 5.75 Å². The molecule has 0 unspecified atom stereocenters. The summed E-state index contributed by atoms with van der Waals surface area (Å²) in [5.74, 6) is 0.641. The standard InChI is InChI=1S/C9H11NO3S/c10-14(11,12)9-5-1-4-8-7(9)3-2-6-13-8/h1,4-5H,2-3,6H2,(H2,10,11,12). The molecule has 1 aliphatic heterocycles. The van der Waals surface area contributed by atoms with Gasteiger partial charge in [0, 0.05) is 5.56 Å². The van der Waals surface area contributed by atoms with Crippen LogP contribution in [0.3, 0.4) is 0 Å². The third-order valence-corrected chi connectivity index (χ3v) is 3.22. The van der Waals surface area contributed by atoms with Crippen LogP contribution >= 0.6 is 0 Å². The quantitative estimate of drug-likeness (QED) is 0.745. The molecule has 1 aromatic rings. The van der Waals surface area contributed by atoms with Crippen LogP contribution in [0, 0.1) is 0 Å². The van der Waals surface area contributed by atoms with Crippen molar-refractivity contribution >= 4 is 10.0 Å². The van der Waals surface area contributed by atoms with Crippen LogP contribution in [0.2, 0.25) is 0 Å². The molecule has 2 rings (SSSR count). The van der Waals surface area contributed by atoms with Gasteiger partial charge in [-0.1, -0.05) is 6.07 Å². The molecule has 0 radical (unpaired) electrons. The zero-order valence-electron chi connectivity index (χ0n) is 7.56. The Kier molecular flexibility index (Phi) is 2.20. The van der Waals surface area contributed by atoms with Crippen LogP contribution in [0.5, 0.6) is 5.75 Å². The number of hydrogen-bond acceptors (Lipinski definition) is 3. The van der Waals surface area contributed by atoms with Crippen LogP contribution in [0.1, 0.15) is 12.0 Å². The van der Waals surface area contributed by atoms with Gasteiger partial charge in [0.15, 0.2) is 0 Å². The summed E-state index contributed by atoms with van der Waals surface area (Å²) in [4.78, 5) is 0.190. The Balaban J connectivity index is 2.62. The lowest BCUT2D eigenvalue weighted by atomic mass is 10.1. The lowest BCUT2D eigenvalue weighted by molar-refractivity contribution is 0.286. The summed E-state index contributed by atoms with van der Waals surface area (Å²) in [7, 11) is -3.62. The Morgan fingerprint density at radius 1 is 1.36 bits per heavy atom. The lowest BCUT2D eigenvalue weighted by Gasteiger charge is -2.18. The number of rotatable bonds is 1. The Bertz CT molecular complexity index is 453. The third-order valence-electron chi connectivity index (χ3n) is 2.23. The minimum Gasteiger partial charge on any atom is -0.493 e. The van der Waals surface area contributed by atoms with E-state index in [9.17, 15) is 8.42 Å². The second-order valence-electron chi connectivity index (χ2n) is 3.23. The fourth-order valence-electron chi connectivity index (χ4n) is 1.62. The van der Waals surface area contributed by atoms with E-state index in [1.54, 1.807) is 12.1 Å². The summed E-state index contributed by atoms with van der Waals surface area (Å²) in [5, 5.41) is 5.10. The molecule has 0 amide bonds. The van der Waals surface area contributed by atoms with Gasteiger partial charge in [0.05, 0.1) is 11.5 Å². The summed E-state index contributed by atoms with van der Waals surface area (Å²) in [6.07, 6.45) is 1.54. The van der Waals surface area contributed by atoms with Gasteiger partial charge in [-0.15, -0.1) is 0 Å². The Morgan fingerprint density at radius 3 is 2.86 bits per heavy atom. The first-order chi connectivity index (χ1) is 6.59. The van der Waals surface area contributed by atoms with Gasteiger partial charge in [-0.3, -0.25) is 0 Å². The van der Waals surface area contributed by atoms with Crippen LogP contribution in [-0.2, 0) is 16.4 Å². The second-order valence-corrected chi connectivity index (χ2v) is 4.76. The van der Waals surface area contributed by atoms with Crippen LogP contribution in [0.4, 0.5) is 0 Å². The molecule has 0 bridgehead atoms. The van der Waals surface area contributed by atoms with E-state index in [2.05, 4.69) is 0 Å². The highest BCUT2D eigenvalue weighted by Crippen LogP contribution is 2.29. The molecule has 1 heterocycles. The fourth-order valence-corrected chi connectivity index (χ4v) is 2.44. The van der Waals surface area contributed by atoms with E-state index in [1.807, 2.05) is 0 Å². The lowest BCUT2D eigenvalue weighted by Crippen LogP contribution is -2.18. The highest BCUT2D eigenvalue weighted by atomic mass is 32.2. The van der Waals surface area contributed by atoms with E-state index in [0.717, 1.165) is 6.42 Å². The Hall–Kier alpha value is -1.07. The molecule has 0 aromatic heterocycles. The average Bonchev–Trinajstić information content (AvgIpc) is 2.15. The number of fused-ring (bicyclic) bond motifs is 1. The van der Waals surface area contributed by atoms with Gasteiger partial charge in [0.25, 0.3) is 0 Å². The maximum absolute atomic E-state index is 11.2. The molecule has 0 saturated carbocycles. The van der Waals surface area contributed by atoms with Crippen molar-refractivity contribution in [2.75, 3.05) is 6.61 Å². The van der Waals surface area contributed by atoms with Crippen molar-refractivity contribution in [3.8, 4) is 5.75 Å². The molecule has 2 N–H and O–H groups in total. The van der Waals surface area contributed by atoms with Gasteiger partial charge in [-0.2, -0.15) is 0 Å². The van der Waals surface area contributed by atoms with Crippen LogP contribution in [0.15, 0.2) is 23.1 Å². The van der Waals surface area contributed by atoms with E-state index in [1.165, 1.54) is 6.07 Å². The molecular weight excluding hydrogens is 202 g/mol. The minimum atomic E-state index is -3.62. The normalized spacial score (nSPS) is 15.8. The van der Waals surface area contributed by atoms with Crippen LogP contribution < -0.4 is 9.88 Å². The van der Waals surface area contributed by atoms with Gasteiger partial charge in [-0.05, 0) is 25.0 Å². The molecule has 0 spiro atoms. The van der Waals surface area contributed by atoms with Crippen LogP contribution in [-0.4, -0.2) is 15.0 Å². The Labute approximate surface area is 82.7 Å². The van der Waals surface area contributed by atoms with Crippen molar-refractivity contribution in [3.05, 3.63) is 23.8 Å². The van der Waals surface area contributed by atoms with Gasteiger partial charge >= 0.3 is 0 Å². The zero-order chi connectivity index (χ0) is 10.2. The first kappa shape index (κ1) is 9.48. The predicted octanol–water partition coefficient (Wildman–Crippen LogP) is 0.659. The van der Waals surface area contributed by atoms with Crippen molar-refractivity contribution in [2.45, 2.75) is 17.7 Å². The SMILES string of the molecule is NS(=O)(=O)c1cccc2c1CCCO2. The number of nitrogens with two attached hydrogens (primary N) is 1. The van der Waals surface area contributed by atoms with Crippen molar-refractivity contribution in [1.82, 2.24) is 0 Å². The van der Waals surface area contributed by atoms with E-state index in [0.29, 0.717) is 24.3 Å².